The fourth-order valence-corrected chi connectivity index (χ4v) is 15.6. The predicted molar refractivity (Wildman–Crippen MR) is 454 cm³/mol. The lowest BCUT2D eigenvalue weighted by atomic mass is 9.90. The van der Waals surface area contributed by atoms with Crippen molar-refractivity contribution >= 4 is 68.3 Å². The first-order chi connectivity index (χ1) is 57.1. The van der Waals surface area contributed by atoms with Crippen LogP contribution >= 0.6 is 0 Å². The van der Waals surface area contributed by atoms with Crippen molar-refractivity contribution in [1.82, 2.24) is 88.6 Å². The fourth-order valence-electron chi connectivity index (χ4n) is 15.6. The lowest BCUT2D eigenvalue weighted by molar-refractivity contribution is -0.131. The van der Waals surface area contributed by atoms with Gasteiger partial charge in [-0.3, -0.25) is 29.1 Å². The molecular weight excluding hydrogens is 1470 g/mol. The maximum atomic E-state index is 13.1. The molecule has 3 aliphatic carbocycles. The number of benzene rings is 6. The number of aromatic nitrogens is 12. The van der Waals surface area contributed by atoms with Gasteiger partial charge in [-0.25, -0.2) is 43.9 Å². The van der Waals surface area contributed by atoms with Crippen LogP contribution < -0.4 is 31.4 Å². The number of fused-ring (bicyclic) bond motifs is 3. The Labute approximate surface area is 680 Å². The number of nitrogens with two attached hydrogens (primary N) is 3. The number of piperidine rings is 1. The van der Waals surface area contributed by atoms with Crippen LogP contribution in [0.25, 0.3) is 66.9 Å². The molecule has 6 aliphatic rings. The molecule has 0 unspecified atom stereocenters. The zero-order chi connectivity index (χ0) is 80.5. The summed E-state index contributed by atoms with van der Waals surface area (Å²) in [6, 6.07) is 54.9. The number of rotatable bonds is 25. The average molecular weight is 1570 g/mol. The second-order valence-corrected chi connectivity index (χ2v) is 31.2. The molecule has 27 heteroatoms. The number of hydrogen-bond acceptors (Lipinski definition) is 21. The molecule has 600 valence electrons. The molecule has 3 saturated carbocycles. The van der Waals surface area contributed by atoms with Gasteiger partial charge in [-0.2, -0.15) is 15.3 Å². The highest BCUT2D eigenvalue weighted by molar-refractivity contribution is 6.01. The first-order valence-corrected chi connectivity index (χ1v) is 40.6. The van der Waals surface area contributed by atoms with Crippen LogP contribution in [0.2, 0.25) is 0 Å². The molecule has 3 saturated heterocycles. The summed E-state index contributed by atoms with van der Waals surface area (Å²) in [6.07, 6.45) is 26.8. The summed E-state index contributed by atoms with van der Waals surface area (Å²) in [4.78, 5) is 77.4. The van der Waals surface area contributed by atoms with E-state index in [0.717, 1.165) is 118 Å². The highest BCUT2D eigenvalue weighted by atomic mass is 16.5. The van der Waals surface area contributed by atoms with Gasteiger partial charge in [0, 0.05) is 118 Å². The van der Waals surface area contributed by atoms with Crippen LogP contribution in [0.4, 0.5) is 17.5 Å². The maximum Gasteiger partial charge on any atom is 0.246 e. The maximum absolute atomic E-state index is 13.1. The molecule has 1 atom stereocenters. The molecule has 6 N–H and O–H groups in total. The van der Waals surface area contributed by atoms with Crippen LogP contribution in [0.5, 0.6) is 34.5 Å². The predicted octanol–water partition coefficient (Wildman–Crippen LogP) is 14.0. The molecule has 117 heavy (non-hydrogen) atoms. The van der Waals surface area contributed by atoms with Gasteiger partial charge in [0.15, 0.2) is 16.9 Å². The largest absolute Gasteiger partial charge is 0.457 e. The van der Waals surface area contributed by atoms with E-state index in [0.29, 0.717) is 103 Å². The third-order valence-corrected chi connectivity index (χ3v) is 22.8. The molecule has 3 amide bonds. The standard InChI is InChI=1S/C32H37N7O2.C30H33N7O2.C28H29N7O2/c1-22(2)38(24-8-6-9-24)18-7-12-28(40)37-19-17-25(20-37)39-32-29(31(33)34-21-35-32)30(36-39)23-13-15-27(16-14-23)41-26-10-4-3-5-11-26;1-35(22-11-12-22)17-5-8-26(38)36-18-15-23(16-19-36)37-30-27(29(31)32-20-33-30)28(34-37)21-9-13-25(14-10-21)39-24-6-3-2-4-7-24;1-33(20-11-12-20)15-5-8-24(36)34-16-21(17-34)35-28-25(27(29)30-18-31-28)26(32-35)19-9-13-23(14-10-19)37-22-6-3-2-4-7-22/h3-5,7,10-16,21-22,24-25H,6,8-9,17-20H2,1-2H3,(H2,33,34,35);2-10,13-14,20,22-23H,11-12,15-19H2,1H3,(H2,31,32,33);2-10,13-14,18,20-21H,11-12,15-17H2,1H3,(H2,29,30,31)/b12-7+;2*8-5+/t25-;;/m1../s1. The second-order valence-electron chi connectivity index (χ2n) is 31.2. The van der Waals surface area contributed by atoms with E-state index in [1.54, 1.807) is 18.2 Å². The highest BCUT2D eigenvalue weighted by Crippen LogP contribution is 2.40. The van der Waals surface area contributed by atoms with E-state index in [-0.39, 0.29) is 35.8 Å². The average Bonchev–Trinajstić information content (AvgIpc) is 1.61. The molecule has 27 nitrogen and oxygen atoms in total. The van der Waals surface area contributed by atoms with Crippen molar-refractivity contribution < 1.29 is 28.6 Å². The van der Waals surface area contributed by atoms with E-state index in [1.165, 1.54) is 63.9 Å². The number of carbonyl (C=O) groups is 3. The number of ether oxygens (including phenoxy) is 3. The normalized spacial score (nSPS) is 16.7. The summed E-state index contributed by atoms with van der Waals surface area (Å²) >= 11 is 0. The van der Waals surface area contributed by atoms with E-state index in [2.05, 4.69) is 72.5 Å². The Kier molecular flexibility index (Phi) is 23.8. The molecule has 3 aliphatic heterocycles. The topological polar surface area (TPSA) is 307 Å². The number of likely N-dealkylation sites (N-methyl/N-ethyl adjacent to an activating group) is 2. The SMILES string of the molecule is CC(C)N(C/C=C/C(=O)N1CC[C@@H](n2nc(-c3ccc(Oc4ccccc4)cc3)c3c(N)ncnc32)C1)C1CCC1.CN(C/C=C/C(=O)N1CC(n2nc(-c3ccc(Oc4ccccc4)cc3)c3c(N)ncnc32)C1)C1CC1.CN(C/C=C/C(=O)N1CCC(n2nc(-c3ccc(Oc4ccccc4)cc3)c3c(N)ncnc32)CC1)C1CC1. The van der Waals surface area contributed by atoms with E-state index in [9.17, 15) is 14.4 Å². The number of nitrogens with zero attached hydrogens (tertiary/aromatic N) is 18. The molecule has 0 bridgehead atoms. The Morgan fingerprint density at radius 2 is 0.726 bits per heavy atom. The first kappa shape index (κ1) is 78.2. The summed E-state index contributed by atoms with van der Waals surface area (Å²) in [7, 11) is 4.22. The molecule has 6 fully saturated rings. The van der Waals surface area contributed by atoms with Crippen LogP contribution in [0.1, 0.15) is 96.2 Å². The Morgan fingerprint density at radius 3 is 1.10 bits per heavy atom. The fraction of sp³-hybridized carbons (Fsp3) is 0.333. The molecule has 0 radical (unpaired) electrons. The third-order valence-electron chi connectivity index (χ3n) is 22.8. The number of para-hydroxylation sites is 3. The summed E-state index contributed by atoms with van der Waals surface area (Å²) in [5.41, 5.74) is 25.9. The van der Waals surface area contributed by atoms with Gasteiger partial charge < -0.3 is 46.1 Å². The lowest BCUT2D eigenvalue weighted by Crippen LogP contribution is -2.50. The van der Waals surface area contributed by atoms with E-state index >= 15 is 0 Å². The monoisotopic (exact) mass is 1570 g/mol. The Hall–Kier alpha value is -12.7. The van der Waals surface area contributed by atoms with Crippen molar-refractivity contribution in [2.45, 2.75) is 120 Å². The van der Waals surface area contributed by atoms with Gasteiger partial charge in [0.2, 0.25) is 17.7 Å². The van der Waals surface area contributed by atoms with Crippen LogP contribution in [0.15, 0.2) is 219 Å². The molecule has 9 heterocycles. The minimum absolute atomic E-state index is 0.000672. The molecule has 18 rings (SSSR count). The first-order valence-electron chi connectivity index (χ1n) is 40.6. The Balaban J connectivity index is 0.000000132. The van der Waals surface area contributed by atoms with E-state index < -0.39 is 0 Å². The number of nitrogen functional groups attached to an aromatic ring is 3. The summed E-state index contributed by atoms with van der Waals surface area (Å²) in [5, 5.41) is 17.0. The summed E-state index contributed by atoms with van der Waals surface area (Å²) < 4.78 is 23.6. The smallest absolute Gasteiger partial charge is 0.246 e. The minimum Gasteiger partial charge on any atom is -0.457 e. The highest BCUT2D eigenvalue weighted by Gasteiger charge is 2.36. The summed E-state index contributed by atoms with van der Waals surface area (Å²) in [5.74, 6) is 5.85. The molecule has 0 spiro atoms. The number of hydrogen-bond donors (Lipinski definition) is 3. The summed E-state index contributed by atoms with van der Waals surface area (Å²) in [6.45, 7) is 10.6. The van der Waals surface area contributed by atoms with Crippen molar-refractivity contribution in [2.75, 3.05) is 90.2 Å². The van der Waals surface area contributed by atoms with Crippen LogP contribution in [0.3, 0.4) is 0 Å². The van der Waals surface area contributed by atoms with Crippen molar-refractivity contribution in [1.29, 1.82) is 0 Å². The van der Waals surface area contributed by atoms with Crippen molar-refractivity contribution in [3.05, 3.63) is 219 Å². The van der Waals surface area contributed by atoms with Crippen molar-refractivity contribution in [2.24, 2.45) is 0 Å². The van der Waals surface area contributed by atoms with Gasteiger partial charge in [-0.05, 0) is 195 Å². The van der Waals surface area contributed by atoms with Crippen molar-refractivity contribution in [3.8, 4) is 68.3 Å². The quantitative estimate of drug-likeness (QED) is 0.0448. The zero-order valence-electron chi connectivity index (χ0n) is 66.5. The van der Waals surface area contributed by atoms with Crippen molar-refractivity contribution in [3.63, 3.8) is 0 Å². The minimum atomic E-state index is 0.000672. The van der Waals surface area contributed by atoms with E-state index in [4.69, 9.17) is 46.7 Å². The lowest BCUT2D eigenvalue weighted by Gasteiger charge is -2.39. The van der Waals surface area contributed by atoms with Gasteiger partial charge in [0.1, 0.15) is 88.0 Å². The molecule has 6 aromatic carbocycles. The van der Waals surface area contributed by atoms with Crippen LogP contribution in [-0.2, 0) is 14.4 Å². The van der Waals surface area contributed by atoms with Gasteiger partial charge >= 0.3 is 0 Å². The Bertz CT molecular complexity index is 5520. The molecule has 6 aromatic heterocycles. The van der Waals surface area contributed by atoms with Gasteiger partial charge in [0.25, 0.3) is 0 Å². The number of amides is 3. The van der Waals surface area contributed by atoms with Gasteiger partial charge in [-0.1, -0.05) is 79.2 Å². The zero-order valence-corrected chi connectivity index (χ0v) is 66.5. The van der Waals surface area contributed by atoms with Crippen LogP contribution in [-0.4, -0.2) is 204 Å². The number of carbonyl (C=O) groups excluding carboxylic acids is 3. The van der Waals surface area contributed by atoms with Gasteiger partial charge in [-0.15, -0.1) is 0 Å². The number of likely N-dealkylation sites (tertiary alicyclic amines) is 3. The number of anilines is 3. The van der Waals surface area contributed by atoms with Gasteiger partial charge in [0.05, 0.1) is 34.3 Å². The van der Waals surface area contributed by atoms with Crippen LogP contribution in [0, 0.1) is 0 Å². The Morgan fingerprint density at radius 1 is 0.393 bits per heavy atom. The molecule has 12 aromatic rings. The molecular formula is C90H99N21O6. The second kappa shape index (κ2) is 35.6. The van der Waals surface area contributed by atoms with E-state index in [1.807, 2.05) is 211 Å². The third kappa shape index (κ3) is 18.3.